The summed E-state index contributed by atoms with van der Waals surface area (Å²) in [7, 11) is 2.23. The van der Waals surface area contributed by atoms with E-state index in [0.717, 1.165) is 31.8 Å². The van der Waals surface area contributed by atoms with Gasteiger partial charge in [-0.2, -0.15) is 0 Å². The second-order valence-corrected chi connectivity index (χ2v) is 7.39. The van der Waals surface area contributed by atoms with Crippen molar-refractivity contribution in [2.45, 2.75) is 51.5 Å². The van der Waals surface area contributed by atoms with Gasteiger partial charge in [0, 0.05) is 43.1 Å². The lowest BCUT2D eigenvalue weighted by atomic mass is 9.95. The predicted octanol–water partition coefficient (Wildman–Crippen LogP) is 3.77. The summed E-state index contributed by atoms with van der Waals surface area (Å²) in [6.07, 6.45) is 7.19. The zero-order valence-electron chi connectivity index (χ0n) is 15.4. The van der Waals surface area contributed by atoms with Gasteiger partial charge in [-0.3, -0.25) is 0 Å². The Kier molecular flexibility index (Phi) is 4.60. The highest BCUT2D eigenvalue weighted by atomic mass is 15.2. The minimum Gasteiger partial charge on any atom is -0.371 e. The highest BCUT2D eigenvalue weighted by Gasteiger charge is 2.27. The van der Waals surface area contributed by atoms with Crippen LogP contribution in [0.3, 0.4) is 0 Å². The molecule has 2 heterocycles. The molecule has 1 aliphatic carbocycles. The average Bonchev–Trinajstić information content (AvgIpc) is 2.67. The van der Waals surface area contributed by atoms with Crippen molar-refractivity contribution in [3.05, 3.63) is 47.4 Å². The molecule has 0 spiro atoms. The molecule has 0 saturated carbocycles. The van der Waals surface area contributed by atoms with E-state index in [1.54, 1.807) is 0 Å². The standard InChI is InChI=1S/C21H28N4/c1-16-22-20-11-7-6-10-19(20)21(23-16)25-14-12-18(13-15-25)24(2)17-8-4-3-5-9-17/h3-5,8-9,18H,6-7,10-15H2,1-2H3. The minimum atomic E-state index is 0.609. The lowest BCUT2D eigenvalue weighted by Crippen LogP contribution is -2.44. The maximum Gasteiger partial charge on any atom is 0.135 e. The van der Waals surface area contributed by atoms with Gasteiger partial charge in [0.15, 0.2) is 0 Å². The van der Waals surface area contributed by atoms with Crippen molar-refractivity contribution in [3.63, 3.8) is 0 Å². The van der Waals surface area contributed by atoms with Crippen molar-refractivity contribution < 1.29 is 0 Å². The molecular weight excluding hydrogens is 308 g/mol. The van der Waals surface area contributed by atoms with Crippen LogP contribution in [-0.4, -0.2) is 36.1 Å². The number of para-hydroxylation sites is 1. The molecule has 0 N–H and O–H groups in total. The smallest absolute Gasteiger partial charge is 0.135 e. The van der Waals surface area contributed by atoms with E-state index in [1.165, 1.54) is 48.4 Å². The van der Waals surface area contributed by atoms with Gasteiger partial charge in [0.05, 0.1) is 0 Å². The Morgan fingerprint density at radius 3 is 2.48 bits per heavy atom. The molecule has 4 nitrogen and oxygen atoms in total. The monoisotopic (exact) mass is 336 g/mol. The first kappa shape index (κ1) is 16.4. The second-order valence-electron chi connectivity index (χ2n) is 7.39. The lowest BCUT2D eigenvalue weighted by Gasteiger charge is -2.39. The molecule has 1 fully saturated rings. The first-order chi connectivity index (χ1) is 12.2. The molecule has 0 unspecified atom stereocenters. The van der Waals surface area contributed by atoms with Crippen molar-refractivity contribution in [1.29, 1.82) is 0 Å². The summed E-state index contributed by atoms with van der Waals surface area (Å²) < 4.78 is 0. The van der Waals surface area contributed by atoms with Gasteiger partial charge in [0.1, 0.15) is 11.6 Å². The van der Waals surface area contributed by atoms with Crippen LogP contribution >= 0.6 is 0 Å². The number of anilines is 2. The van der Waals surface area contributed by atoms with E-state index >= 15 is 0 Å². The van der Waals surface area contributed by atoms with Crippen LogP contribution in [-0.2, 0) is 12.8 Å². The maximum absolute atomic E-state index is 4.84. The molecule has 1 saturated heterocycles. The molecule has 2 aromatic rings. The second kappa shape index (κ2) is 7.03. The Bertz CT molecular complexity index is 720. The number of aromatic nitrogens is 2. The van der Waals surface area contributed by atoms with Gasteiger partial charge in [0.25, 0.3) is 0 Å². The Labute approximate surface area is 150 Å². The number of fused-ring (bicyclic) bond motifs is 1. The third kappa shape index (κ3) is 3.35. The van der Waals surface area contributed by atoms with E-state index in [4.69, 9.17) is 9.97 Å². The lowest BCUT2D eigenvalue weighted by molar-refractivity contribution is 0.478. The zero-order valence-corrected chi connectivity index (χ0v) is 15.4. The predicted molar refractivity (Wildman–Crippen MR) is 103 cm³/mol. The number of piperidine rings is 1. The Balaban J connectivity index is 1.48. The fourth-order valence-electron chi connectivity index (χ4n) is 4.30. The highest BCUT2D eigenvalue weighted by Crippen LogP contribution is 2.31. The molecule has 0 amide bonds. The Morgan fingerprint density at radius 2 is 1.72 bits per heavy atom. The first-order valence-electron chi connectivity index (χ1n) is 9.61. The van der Waals surface area contributed by atoms with Crippen molar-refractivity contribution in [2.24, 2.45) is 0 Å². The molecule has 2 aliphatic rings. The Morgan fingerprint density at radius 1 is 1.00 bits per heavy atom. The van der Waals surface area contributed by atoms with Gasteiger partial charge >= 0.3 is 0 Å². The zero-order chi connectivity index (χ0) is 17.2. The molecule has 1 aromatic carbocycles. The quantitative estimate of drug-likeness (QED) is 0.854. The van der Waals surface area contributed by atoms with Crippen molar-refractivity contribution in [1.82, 2.24) is 9.97 Å². The molecule has 4 heteroatoms. The van der Waals surface area contributed by atoms with Crippen LogP contribution in [0, 0.1) is 6.92 Å². The van der Waals surface area contributed by atoms with Crippen LogP contribution in [0.4, 0.5) is 11.5 Å². The Hall–Kier alpha value is -2.10. The van der Waals surface area contributed by atoms with Crippen LogP contribution in [0.2, 0.25) is 0 Å². The van der Waals surface area contributed by atoms with Crippen LogP contribution in [0.25, 0.3) is 0 Å². The fourth-order valence-corrected chi connectivity index (χ4v) is 4.30. The highest BCUT2D eigenvalue weighted by molar-refractivity contribution is 5.51. The van der Waals surface area contributed by atoms with E-state index < -0.39 is 0 Å². The first-order valence-corrected chi connectivity index (χ1v) is 9.61. The third-order valence-electron chi connectivity index (χ3n) is 5.75. The van der Waals surface area contributed by atoms with Crippen LogP contribution in [0.5, 0.6) is 0 Å². The van der Waals surface area contributed by atoms with E-state index in [9.17, 15) is 0 Å². The van der Waals surface area contributed by atoms with Gasteiger partial charge in [-0.05, 0) is 57.6 Å². The maximum atomic E-state index is 4.84. The van der Waals surface area contributed by atoms with Gasteiger partial charge in [-0.25, -0.2) is 9.97 Å². The van der Waals surface area contributed by atoms with Crippen LogP contribution in [0.1, 0.15) is 42.8 Å². The topological polar surface area (TPSA) is 32.3 Å². The van der Waals surface area contributed by atoms with Crippen molar-refractivity contribution in [2.75, 3.05) is 29.9 Å². The SMILES string of the molecule is Cc1nc2c(c(N3CCC(N(C)c4ccccc4)CC3)n1)CCCC2. The van der Waals surface area contributed by atoms with Gasteiger partial charge in [-0.15, -0.1) is 0 Å². The third-order valence-corrected chi connectivity index (χ3v) is 5.75. The molecule has 1 aliphatic heterocycles. The molecule has 0 bridgehead atoms. The van der Waals surface area contributed by atoms with Crippen molar-refractivity contribution in [3.8, 4) is 0 Å². The van der Waals surface area contributed by atoms with Crippen LogP contribution in [0.15, 0.2) is 30.3 Å². The largest absolute Gasteiger partial charge is 0.371 e. The summed E-state index contributed by atoms with van der Waals surface area (Å²) in [5.74, 6) is 2.15. The number of benzene rings is 1. The van der Waals surface area contributed by atoms with E-state index in [0.29, 0.717) is 6.04 Å². The number of aryl methyl sites for hydroxylation is 2. The molecule has 25 heavy (non-hydrogen) atoms. The number of rotatable bonds is 3. The number of hydrogen-bond acceptors (Lipinski definition) is 4. The molecule has 0 atom stereocenters. The number of nitrogens with zero attached hydrogens (tertiary/aromatic N) is 4. The summed E-state index contributed by atoms with van der Waals surface area (Å²) in [5, 5.41) is 0. The van der Waals surface area contributed by atoms with E-state index in [1.807, 2.05) is 6.92 Å². The van der Waals surface area contributed by atoms with E-state index in [2.05, 4.69) is 47.2 Å². The summed E-state index contributed by atoms with van der Waals surface area (Å²) in [6.45, 7) is 4.21. The van der Waals surface area contributed by atoms with Crippen molar-refractivity contribution >= 4 is 11.5 Å². The van der Waals surface area contributed by atoms with Gasteiger partial charge < -0.3 is 9.80 Å². The minimum absolute atomic E-state index is 0.609. The summed E-state index contributed by atoms with van der Waals surface area (Å²) in [6, 6.07) is 11.3. The van der Waals surface area contributed by atoms with E-state index in [-0.39, 0.29) is 0 Å². The summed E-state index contributed by atoms with van der Waals surface area (Å²) in [5.41, 5.74) is 4.04. The molecular formula is C21H28N4. The van der Waals surface area contributed by atoms with Gasteiger partial charge in [0.2, 0.25) is 0 Å². The number of hydrogen-bond donors (Lipinski definition) is 0. The fraction of sp³-hybridized carbons (Fsp3) is 0.524. The van der Waals surface area contributed by atoms with Crippen LogP contribution < -0.4 is 9.80 Å². The molecule has 4 rings (SSSR count). The average molecular weight is 336 g/mol. The van der Waals surface area contributed by atoms with Gasteiger partial charge in [-0.1, -0.05) is 18.2 Å². The molecule has 132 valence electrons. The normalized spacial score (nSPS) is 18.1. The summed E-state index contributed by atoms with van der Waals surface area (Å²) >= 11 is 0. The summed E-state index contributed by atoms with van der Waals surface area (Å²) in [4.78, 5) is 14.5. The molecule has 1 aromatic heterocycles. The molecule has 0 radical (unpaired) electrons.